The SMILES string of the molecule is CC(C)(C)[Si](C)(C)OCc1ccc(N)cc1I.Nc1ccc(CO)c(I)c1. The third-order valence-corrected chi connectivity index (χ3v) is 11.2. The third-order valence-electron chi connectivity index (χ3n) is 4.72. The van der Waals surface area contributed by atoms with E-state index < -0.39 is 8.32 Å². The predicted molar refractivity (Wildman–Crippen MR) is 135 cm³/mol. The summed E-state index contributed by atoms with van der Waals surface area (Å²) in [5.74, 6) is 0. The van der Waals surface area contributed by atoms with Crippen LogP contribution in [0.4, 0.5) is 11.4 Å². The Morgan fingerprint density at radius 1 is 0.926 bits per heavy atom. The first-order valence-electron chi connectivity index (χ1n) is 8.70. The van der Waals surface area contributed by atoms with Crippen LogP contribution in [0.5, 0.6) is 0 Å². The summed E-state index contributed by atoms with van der Waals surface area (Å²) < 4.78 is 8.39. The van der Waals surface area contributed by atoms with Crippen LogP contribution in [0.1, 0.15) is 31.9 Å². The molecule has 0 aromatic heterocycles. The minimum atomic E-state index is -1.66. The van der Waals surface area contributed by atoms with Crippen LogP contribution in [0.3, 0.4) is 0 Å². The Bertz CT molecular complexity index is 762. The van der Waals surface area contributed by atoms with E-state index in [1.807, 2.05) is 24.3 Å². The molecule has 0 aliphatic carbocycles. The number of nitrogens with two attached hydrogens (primary N) is 2. The number of halogens is 2. The minimum absolute atomic E-state index is 0.0819. The number of rotatable bonds is 4. The molecule has 5 N–H and O–H groups in total. The van der Waals surface area contributed by atoms with Gasteiger partial charge in [0.2, 0.25) is 0 Å². The summed E-state index contributed by atoms with van der Waals surface area (Å²) in [6, 6.07) is 11.4. The Kier molecular flexibility index (Phi) is 9.53. The fraction of sp³-hybridized carbons (Fsp3) is 0.400. The molecule has 0 heterocycles. The number of hydrogen-bond donors (Lipinski definition) is 3. The smallest absolute Gasteiger partial charge is 0.192 e. The molecule has 0 saturated heterocycles. The molecule has 0 aliphatic heterocycles. The average molecular weight is 612 g/mol. The van der Waals surface area contributed by atoms with E-state index in [1.165, 1.54) is 9.13 Å². The van der Waals surface area contributed by atoms with Crippen molar-refractivity contribution in [2.24, 2.45) is 0 Å². The molecular formula is C20H30I2N2O2Si. The Balaban J connectivity index is 0.000000309. The molecule has 0 fully saturated rings. The maximum atomic E-state index is 8.76. The van der Waals surface area contributed by atoms with Gasteiger partial charge in [0.05, 0.1) is 13.2 Å². The largest absolute Gasteiger partial charge is 0.413 e. The van der Waals surface area contributed by atoms with Gasteiger partial charge < -0.3 is 21.0 Å². The van der Waals surface area contributed by atoms with Crippen LogP contribution in [0.2, 0.25) is 18.1 Å². The topological polar surface area (TPSA) is 81.5 Å². The number of aliphatic hydroxyl groups excluding tert-OH is 1. The molecule has 2 aromatic carbocycles. The zero-order valence-electron chi connectivity index (χ0n) is 16.6. The summed E-state index contributed by atoms with van der Waals surface area (Å²) in [6.07, 6.45) is 0. The van der Waals surface area contributed by atoms with Crippen molar-refractivity contribution in [2.75, 3.05) is 11.5 Å². The molecule has 150 valence electrons. The Morgan fingerprint density at radius 3 is 1.74 bits per heavy atom. The molecule has 27 heavy (non-hydrogen) atoms. The summed E-state index contributed by atoms with van der Waals surface area (Å²) in [7, 11) is -1.66. The number of anilines is 2. The molecule has 0 atom stereocenters. The molecule has 0 unspecified atom stereocenters. The number of nitrogen functional groups attached to an aromatic ring is 2. The maximum Gasteiger partial charge on any atom is 0.192 e. The Morgan fingerprint density at radius 2 is 1.37 bits per heavy atom. The molecule has 2 rings (SSSR count). The van der Waals surface area contributed by atoms with Crippen molar-refractivity contribution in [3.63, 3.8) is 0 Å². The second kappa shape index (κ2) is 10.4. The van der Waals surface area contributed by atoms with Crippen LogP contribution in [-0.2, 0) is 17.6 Å². The molecule has 0 amide bonds. The summed E-state index contributed by atoms with van der Waals surface area (Å²) in [6.45, 7) is 12.1. The van der Waals surface area contributed by atoms with Gasteiger partial charge in [-0.3, -0.25) is 0 Å². The molecule has 0 bridgehead atoms. The molecule has 2 aromatic rings. The average Bonchev–Trinajstić information content (AvgIpc) is 2.53. The van der Waals surface area contributed by atoms with E-state index in [0.717, 1.165) is 20.5 Å². The van der Waals surface area contributed by atoms with Crippen molar-refractivity contribution in [1.82, 2.24) is 0 Å². The normalized spacial score (nSPS) is 11.7. The van der Waals surface area contributed by atoms with Crippen LogP contribution in [0, 0.1) is 7.14 Å². The minimum Gasteiger partial charge on any atom is -0.413 e. The molecular weight excluding hydrogens is 582 g/mol. The van der Waals surface area contributed by atoms with E-state index in [-0.39, 0.29) is 11.6 Å². The lowest BCUT2D eigenvalue weighted by Gasteiger charge is -2.36. The maximum absolute atomic E-state index is 8.76. The van der Waals surface area contributed by atoms with Gasteiger partial charge in [0.25, 0.3) is 0 Å². The van der Waals surface area contributed by atoms with Crippen molar-refractivity contribution in [3.05, 3.63) is 54.7 Å². The summed E-state index contributed by atoms with van der Waals surface area (Å²) in [4.78, 5) is 0. The lowest BCUT2D eigenvalue weighted by atomic mass is 10.2. The van der Waals surface area contributed by atoms with Gasteiger partial charge in [0.15, 0.2) is 8.32 Å². The fourth-order valence-electron chi connectivity index (χ4n) is 1.85. The summed E-state index contributed by atoms with van der Waals surface area (Å²) >= 11 is 4.46. The molecule has 4 nitrogen and oxygen atoms in total. The van der Waals surface area contributed by atoms with Gasteiger partial charge >= 0.3 is 0 Å². The fourth-order valence-corrected chi connectivity index (χ4v) is 4.20. The zero-order valence-corrected chi connectivity index (χ0v) is 22.0. The Hall–Kier alpha value is -0.363. The highest BCUT2D eigenvalue weighted by Crippen LogP contribution is 2.37. The lowest BCUT2D eigenvalue weighted by Crippen LogP contribution is -2.40. The highest BCUT2D eigenvalue weighted by Gasteiger charge is 2.37. The second-order valence-corrected chi connectivity index (χ2v) is 15.0. The van der Waals surface area contributed by atoms with E-state index in [4.69, 9.17) is 21.0 Å². The van der Waals surface area contributed by atoms with Gasteiger partial charge in [-0.1, -0.05) is 32.9 Å². The number of aliphatic hydroxyl groups is 1. The quantitative estimate of drug-likeness (QED) is 0.233. The van der Waals surface area contributed by atoms with Crippen LogP contribution in [0.25, 0.3) is 0 Å². The highest BCUT2D eigenvalue weighted by atomic mass is 127. The first-order chi connectivity index (χ1) is 12.4. The third kappa shape index (κ3) is 7.88. The lowest BCUT2D eigenvalue weighted by molar-refractivity contribution is 0.275. The molecule has 0 saturated carbocycles. The van der Waals surface area contributed by atoms with Crippen molar-refractivity contribution in [3.8, 4) is 0 Å². The van der Waals surface area contributed by atoms with Gasteiger partial charge in [0, 0.05) is 18.5 Å². The van der Waals surface area contributed by atoms with E-state index in [1.54, 1.807) is 6.07 Å². The van der Waals surface area contributed by atoms with Crippen LogP contribution < -0.4 is 11.5 Å². The van der Waals surface area contributed by atoms with Gasteiger partial charge in [-0.2, -0.15) is 0 Å². The molecule has 7 heteroatoms. The van der Waals surface area contributed by atoms with E-state index >= 15 is 0 Å². The zero-order chi connectivity index (χ0) is 20.8. The van der Waals surface area contributed by atoms with Crippen molar-refractivity contribution in [1.29, 1.82) is 0 Å². The van der Waals surface area contributed by atoms with Gasteiger partial charge in [-0.15, -0.1) is 0 Å². The van der Waals surface area contributed by atoms with Crippen LogP contribution in [-0.4, -0.2) is 13.4 Å². The molecule has 0 spiro atoms. The standard InChI is InChI=1S/C13H22INOSi.C7H8INO/c1-13(2,3)17(4,5)16-9-10-6-7-11(15)8-12(10)14;8-7-3-6(9)2-1-5(7)4-10/h6-8H,9,15H2,1-5H3;1-3,10H,4,9H2. The van der Waals surface area contributed by atoms with Crippen molar-refractivity contribution < 1.29 is 9.53 Å². The second-order valence-electron chi connectivity index (χ2n) is 7.91. The van der Waals surface area contributed by atoms with E-state index in [9.17, 15) is 0 Å². The predicted octanol–water partition coefficient (Wildman–Crippen LogP) is 5.76. The first kappa shape index (κ1) is 24.7. The molecule has 0 radical (unpaired) electrons. The van der Waals surface area contributed by atoms with Gasteiger partial charge in [-0.25, -0.2) is 0 Å². The van der Waals surface area contributed by atoms with Gasteiger partial charge in [0.1, 0.15) is 0 Å². The molecule has 0 aliphatic rings. The monoisotopic (exact) mass is 612 g/mol. The van der Waals surface area contributed by atoms with Crippen LogP contribution in [0.15, 0.2) is 36.4 Å². The van der Waals surface area contributed by atoms with Crippen LogP contribution >= 0.6 is 45.2 Å². The van der Waals surface area contributed by atoms with Crippen molar-refractivity contribution >= 4 is 64.9 Å². The highest BCUT2D eigenvalue weighted by molar-refractivity contribution is 14.1. The van der Waals surface area contributed by atoms with E-state index in [2.05, 4.69) is 85.1 Å². The van der Waals surface area contributed by atoms with E-state index in [0.29, 0.717) is 6.61 Å². The number of benzene rings is 2. The summed E-state index contributed by atoms with van der Waals surface area (Å²) in [5.41, 5.74) is 14.9. The summed E-state index contributed by atoms with van der Waals surface area (Å²) in [5, 5.41) is 9.02. The Labute approximate surface area is 191 Å². The number of hydrogen-bond acceptors (Lipinski definition) is 4. The van der Waals surface area contributed by atoms with Crippen molar-refractivity contribution in [2.45, 2.75) is 52.1 Å². The van der Waals surface area contributed by atoms with Gasteiger partial charge in [-0.05, 0) is 98.7 Å². The first-order valence-corrected chi connectivity index (χ1v) is 13.8.